The Labute approximate surface area is 125 Å². The molecule has 5 heteroatoms. The zero-order valence-electron chi connectivity index (χ0n) is 12.1. The number of rotatable bonds is 5. The van der Waals surface area contributed by atoms with E-state index in [-0.39, 0.29) is 5.91 Å². The molecule has 110 valence electrons. The van der Waals surface area contributed by atoms with E-state index in [2.05, 4.69) is 10.6 Å². The Morgan fingerprint density at radius 1 is 1.35 bits per heavy atom. The summed E-state index contributed by atoms with van der Waals surface area (Å²) < 4.78 is 0. The van der Waals surface area contributed by atoms with E-state index in [0.717, 1.165) is 11.4 Å². The van der Waals surface area contributed by atoms with Crippen LogP contribution in [0.3, 0.4) is 0 Å². The minimum atomic E-state index is -0.0257. The third-order valence-electron chi connectivity index (χ3n) is 3.62. The Morgan fingerprint density at radius 2 is 2.05 bits per heavy atom. The summed E-state index contributed by atoms with van der Waals surface area (Å²) in [6.07, 6.45) is 4.87. The molecule has 0 unspecified atom stereocenters. The summed E-state index contributed by atoms with van der Waals surface area (Å²) in [7, 11) is 3.88. The fraction of sp³-hybridized carbons (Fsp3) is 0.533. The number of nitrogens with one attached hydrogen (secondary N) is 2. The van der Waals surface area contributed by atoms with E-state index in [1.54, 1.807) is 6.07 Å². The summed E-state index contributed by atoms with van der Waals surface area (Å²) in [5.41, 5.74) is 1.70. The van der Waals surface area contributed by atoms with Gasteiger partial charge in [-0.2, -0.15) is 0 Å². The molecule has 0 spiro atoms. The summed E-state index contributed by atoms with van der Waals surface area (Å²) in [6.45, 7) is 0.351. The van der Waals surface area contributed by atoms with E-state index in [1.807, 2.05) is 31.1 Å². The third-order valence-corrected chi connectivity index (χ3v) is 3.86. The van der Waals surface area contributed by atoms with Crippen molar-refractivity contribution >= 4 is 28.9 Å². The molecule has 1 aromatic carbocycles. The van der Waals surface area contributed by atoms with E-state index in [4.69, 9.17) is 11.6 Å². The monoisotopic (exact) mass is 295 g/mol. The van der Waals surface area contributed by atoms with Gasteiger partial charge in [0.25, 0.3) is 0 Å². The molecule has 0 heterocycles. The van der Waals surface area contributed by atoms with Crippen LogP contribution < -0.4 is 15.5 Å². The lowest BCUT2D eigenvalue weighted by molar-refractivity contribution is -0.115. The zero-order chi connectivity index (χ0) is 14.5. The first-order valence-electron chi connectivity index (χ1n) is 7.06. The predicted octanol–water partition coefficient (Wildman–Crippen LogP) is 2.88. The molecular weight excluding hydrogens is 274 g/mol. The maximum absolute atomic E-state index is 12.0. The van der Waals surface area contributed by atoms with Crippen molar-refractivity contribution in [3.05, 3.63) is 23.2 Å². The van der Waals surface area contributed by atoms with Gasteiger partial charge < -0.3 is 15.5 Å². The van der Waals surface area contributed by atoms with Crippen LogP contribution in [0.2, 0.25) is 5.02 Å². The van der Waals surface area contributed by atoms with Gasteiger partial charge in [-0.15, -0.1) is 0 Å². The number of anilines is 2. The van der Waals surface area contributed by atoms with Crippen molar-refractivity contribution in [3.8, 4) is 0 Å². The second kappa shape index (κ2) is 6.95. The van der Waals surface area contributed by atoms with Gasteiger partial charge in [0, 0.05) is 25.2 Å². The first-order chi connectivity index (χ1) is 9.56. The van der Waals surface area contributed by atoms with E-state index >= 15 is 0 Å². The van der Waals surface area contributed by atoms with Gasteiger partial charge in [0.1, 0.15) is 0 Å². The second-order valence-electron chi connectivity index (χ2n) is 5.47. The average molecular weight is 296 g/mol. The summed E-state index contributed by atoms with van der Waals surface area (Å²) in [6, 6.07) is 6.00. The molecule has 0 saturated heterocycles. The SMILES string of the molecule is CN(C)c1ccc(Cl)cc1NC(=O)CNC1CCCC1. The van der Waals surface area contributed by atoms with Crippen LogP contribution in [0.5, 0.6) is 0 Å². The molecule has 1 aliphatic rings. The molecule has 2 rings (SSSR count). The molecule has 0 atom stereocenters. The number of halogens is 1. The molecule has 4 nitrogen and oxygen atoms in total. The lowest BCUT2D eigenvalue weighted by Gasteiger charge is -2.19. The lowest BCUT2D eigenvalue weighted by Crippen LogP contribution is -2.34. The van der Waals surface area contributed by atoms with Crippen LogP contribution >= 0.6 is 11.6 Å². The third kappa shape index (κ3) is 4.12. The van der Waals surface area contributed by atoms with Crippen molar-refractivity contribution in [2.75, 3.05) is 30.9 Å². The van der Waals surface area contributed by atoms with Crippen molar-refractivity contribution in [1.29, 1.82) is 0 Å². The fourth-order valence-corrected chi connectivity index (χ4v) is 2.73. The van der Waals surface area contributed by atoms with E-state index in [0.29, 0.717) is 17.6 Å². The molecule has 2 N–H and O–H groups in total. The average Bonchev–Trinajstić information content (AvgIpc) is 2.89. The Kier molecular flexibility index (Phi) is 5.26. The molecule has 0 radical (unpaired) electrons. The van der Waals surface area contributed by atoms with Gasteiger partial charge in [-0.1, -0.05) is 24.4 Å². The highest BCUT2D eigenvalue weighted by molar-refractivity contribution is 6.31. The van der Waals surface area contributed by atoms with Crippen LogP contribution in [0, 0.1) is 0 Å². The molecule has 1 aromatic rings. The van der Waals surface area contributed by atoms with Crippen LogP contribution in [-0.2, 0) is 4.79 Å². The smallest absolute Gasteiger partial charge is 0.238 e. The molecule has 1 saturated carbocycles. The highest BCUT2D eigenvalue weighted by atomic mass is 35.5. The van der Waals surface area contributed by atoms with Crippen molar-refractivity contribution in [3.63, 3.8) is 0 Å². The summed E-state index contributed by atoms with van der Waals surface area (Å²) >= 11 is 6.00. The van der Waals surface area contributed by atoms with Crippen molar-refractivity contribution in [1.82, 2.24) is 5.32 Å². The molecule has 0 bridgehead atoms. The number of amides is 1. The minimum absolute atomic E-state index is 0.0257. The van der Waals surface area contributed by atoms with Gasteiger partial charge >= 0.3 is 0 Å². The molecular formula is C15H22ClN3O. The topological polar surface area (TPSA) is 44.4 Å². The van der Waals surface area contributed by atoms with E-state index < -0.39 is 0 Å². The van der Waals surface area contributed by atoms with Crippen LogP contribution in [0.1, 0.15) is 25.7 Å². The molecule has 0 aliphatic heterocycles. The summed E-state index contributed by atoms with van der Waals surface area (Å²) in [4.78, 5) is 14.0. The largest absolute Gasteiger partial charge is 0.376 e. The Hall–Kier alpha value is -1.26. The normalized spacial score (nSPS) is 15.3. The second-order valence-corrected chi connectivity index (χ2v) is 5.90. The van der Waals surface area contributed by atoms with Crippen LogP contribution in [0.4, 0.5) is 11.4 Å². The molecule has 20 heavy (non-hydrogen) atoms. The van der Waals surface area contributed by atoms with Gasteiger partial charge in [0.2, 0.25) is 5.91 Å². The molecule has 1 amide bonds. The van der Waals surface area contributed by atoms with Crippen LogP contribution in [0.25, 0.3) is 0 Å². The molecule has 1 fully saturated rings. The fourth-order valence-electron chi connectivity index (χ4n) is 2.56. The van der Waals surface area contributed by atoms with Gasteiger partial charge in [0.05, 0.1) is 17.9 Å². The Morgan fingerprint density at radius 3 is 2.70 bits per heavy atom. The first kappa shape index (κ1) is 15.1. The van der Waals surface area contributed by atoms with E-state index in [1.165, 1.54) is 25.7 Å². The van der Waals surface area contributed by atoms with Gasteiger partial charge in [-0.05, 0) is 31.0 Å². The summed E-state index contributed by atoms with van der Waals surface area (Å²) in [5.74, 6) is -0.0257. The predicted molar refractivity (Wildman–Crippen MR) is 84.7 cm³/mol. The van der Waals surface area contributed by atoms with Crippen LogP contribution in [0.15, 0.2) is 18.2 Å². The maximum Gasteiger partial charge on any atom is 0.238 e. The van der Waals surface area contributed by atoms with Gasteiger partial charge in [0.15, 0.2) is 0 Å². The Bertz CT molecular complexity index is 470. The van der Waals surface area contributed by atoms with E-state index in [9.17, 15) is 4.79 Å². The number of hydrogen-bond acceptors (Lipinski definition) is 3. The van der Waals surface area contributed by atoms with Gasteiger partial charge in [-0.25, -0.2) is 0 Å². The van der Waals surface area contributed by atoms with Crippen LogP contribution in [-0.4, -0.2) is 32.6 Å². The van der Waals surface area contributed by atoms with Gasteiger partial charge in [-0.3, -0.25) is 4.79 Å². The zero-order valence-corrected chi connectivity index (χ0v) is 12.8. The molecule has 1 aliphatic carbocycles. The maximum atomic E-state index is 12.0. The molecule has 0 aromatic heterocycles. The number of nitrogens with zero attached hydrogens (tertiary/aromatic N) is 1. The number of benzene rings is 1. The Balaban J connectivity index is 1.94. The van der Waals surface area contributed by atoms with Crippen molar-refractivity contribution in [2.24, 2.45) is 0 Å². The highest BCUT2D eigenvalue weighted by Gasteiger charge is 2.16. The standard InChI is InChI=1S/C15H22ClN3O/c1-19(2)14-8-7-11(16)9-13(14)18-15(20)10-17-12-5-3-4-6-12/h7-9,12,17H,3-6,10H2,1-2H3,(H,18,20). The quantitative estimate of drug-likeness (QED) is 0.878. The number of carbonyl (C=O) groups excluding carboxylic acids is 1. The highest BCUT2D eigenvalue weighted by Crippen LogP contribution is 2.27. The minimum Gasteiger partial charge on any atom is -0.376 e. The first-order valence-corrected chi connectivity index (χ1v) is 7.44. The number of hydrogen-bond donors (Lipinski definition) is 2. The van der Waals surface area contributed by atoms with Crippen molar-refractivity contribution < 1.29 is 4.79 Å². The number of carbonyl (C=O) groups is 1. The lowest BCUT2D eigenvalue weighted by atomic mass is 10.2. The summed E-state index contributed by atoms with van der Waals surface area (Å²) in [5, 5.41) is 6.86. The van der Waals surface area contributed by atoms with Crippen molar-refractivity contribution in [2.45, 2.75) is 31.7 Å².